The van der Waals surface area contributed by atoms with E-state index in [-0.39, 0.29) is 12.4 Å². The van der Waals surface area contributed by atoms with Gasteiger partial charge in [0, 0.05) is 13.1 Å². The van der Waals surface area contributed by atoms with E-state index < -0.39 is 15.3 Å². The van der Waals surface area contributed by atoms with Gasteiger partial charge in [0.25, 0.3) is 0 Å². The van der Waals surface area contributed by atoms with Crippen molar-refractivity contribution in [1.29, 1.82) is 0 Å². The molecule has 18 heavy (non-hydrogen) atoms. The first-order chi connectivity index (χ1) is 8.36. The van der Waals surface area contributed by atoms with Gasteiger partial charge in [-0.2, -0.15) is 0 Å². The summed E-state index contributed by atoms with van der Waals surface area (Å²) in [5, 5.41) is -0.605. The molecule has 0 saturated heterocycles. The fraction of sp³-hybridized carbons (Fsp3) is 0.500. The molecule has 0 aliphatic rings. The van der Waals surface area contributed by atoms with Gasteiger partial charge in [0.05, 0.1) is 5.25 Å². The van der Waals surface area contributed by atoms with Crippen LogP contribution in [0.3, 0.4) is 0 Å². The SMILES string of the molecule is Cc1cc(F)ccc1CCNS(=O)(=O)C(C)CN. The molecule has 0 radical (unpaired) electrons. The van der Waals surface area contributed by atoms with E-state index in [1.54, 1.807) is 19.9 Å². The van der Waals surface area contributed by atoms with Crippen molar-refractivity contribution in [3.63, 3.8) is 0 Å². The molecule has 1 aromatic rings. The average Bonchev–Trinajstić information content (AvgIpc) is 2.30. The molecule has 0 heterocycles. The number of halogens is 1. The van der Waals surface area contributed by atoms with Crippen LogP contribution in [0.15, 0.2) is 18.2 Å². The zero-order valence-electron chi connectivity index (χ0n) is 10.6. The smallest absolute Gasteiger partial charge is 0.215 e. The zero-order chi connectivity index (χ0) is 13.8. The highest BCUT2D eigenvalue weighted by Gasteiger charge is 2.18. The third kappa shape index (κ3) is 4.04. The molecule has 102 valence electrons. The lowest BCUT2D eigenvalue weighted by Crippen LogP contribution is -2.37. The van der Waals surface area contributed by atoms with E-state index in [1.165, 1.54) is 12.1 Å². The van der Waals surface area contributed by atoms with E-state index in [9.17, 15) is 12.8 Å². The lowest BCUT2D eigenvalue weighted by molar-refractivity contribution is 0.569. The Morgan fingerprint density at radius 2 is 2.11 bits per heavy atom. The summed E-state index contributed by atoms with van der Waals surface area (Å²) in [6.07, 6.45) is 0.530. The Morgan fingerprint density at radius 1 is 1.44 bits per heavy atom. The van der Waals surface area contributed by atoms with Gasteiger partial charge >= 0.3 is 0 Å². The Bertz CT molecular complexity index is 503. The van der Waals surface area contributed by atoms with Crippen LogP contribution in [0, 0.1) is 12.7 Å². The Labute approximate surface area is 107 Å². The standard InChI is InChI=1S/C12H19FN2O2S/c1-9-7-12(13)4-3-11(9)5-6-15-18(16,17)10(2)8-14/h3-4,7,10,15H,5-6,8,14H2,1-2H3. The maximum Gasteiger partial charge on any atom is 0.215 e. The van der Waals surface area contributed by atoms with Crippen LogP contribution in [0.1, 0.15) is 18.1 Å². The highest BCUT2D eigenvalue weighted by atomic mass is 32.2. The molecular weight excluding hydrogens is 255 g/mol. The summed E-state index contributed by atoms with van der Waals surface area (Å²) in [6, 6.07) is 4.48. The van der Waals surface area contributed by atoms with Crippen LogP contribution in [0.4, 0.5) is 4.39 Å². The summed E-state index contributed by atoms with van der Waals surface area (Å²) < 4.78 is 38.7. The van der Waals surface area contributed by atoms with Crippen molar-refractivity contribution in [2.24, 2.45) is 5.73 Å². The van der Waals surface area contributed by atoms with Crippen molar-refractivity contribution in [3.8, 4) is 0 Å². The number of aryl methyl sites for hydroxylation is 1. The molecule has 0 spiro atoms. The minimum absolute atomic E-state index is 0.0882. The molecule has 1 atom stereocenters. The van der Waals surface area contributed by atoms with Gasteiger partial charge in [0.2, 0.25) is 10.0 Å². The minimum Gasteiger partial charge on any atom is -0.329 e. The fourth-order valence-electron chi connectivity index (χ4n) is 1.54. The molecule has 0 saturated carbocycles. The maximum atomic E-state index is 12.9. The molecule has 1 rings (SSSR count). The van der Waals surface area contributed by atoms with E-state index >= 15 is 0 Å². The van der Waals surface area contributed by atoms with Crippen molar-refractivity contribution in [2.45, 2.75) is 25.5 Å². The average molecular weight is 274 g/mol. The van der Waals surface area contributed by atoms with Crippen LogP contribution in [0.25, 0.3) is 0 Å². The first kappa shape index (κ1) is 15.1. The van der Waals surface area contributed by atoms with Crippen molar-refractivity contribution in [2.75, 3.05) is 13.1 Å². The van der Waals surface area contributed by atoms with Crippen molar-refractivity contribution in [1.82, 2.24) is 4.72 Å². The quantitative estimate of drug-likeness (QED) is 0.811. The summed E-state index contributed by atoms with van der Waals surface area (Å²) in [5.41, 5.74) is 7.07. The number of rotatable bonds is 6. The first-order valence-electron chi connectivity index (χ1n) is 5.80. The monoisotopic (exact) mass is 274 g/mol. The summed E-state index contributed by atoms with van der Waals surface area (Å²) in [7, 11) is -3.35. The van der Waals surface area contributed by atoms with E-state index in [0.717, 1.165) is 11.1 Å². The van der Waals surface area contributed by atoms with Crippen LogP contribution in [-0.4, -0.2) is 26.8 Å². The van der Waals surface area contributed by atoms with E-state index in [0.29, 0.717) is 13.0 Å². The molecule has 0 aliphatic heterocycles. The minimum atomic E-state index is -3.35. The number of hydrogen-bond acceptors (Lipinski definition) is 3. The van der Waals surface area contributed by atoms with Gasteiger partial charge in [-0.15, -0.1) is 0 Å². The second kappa shape index (κ2) is 6.26. The first-order valence-corrected chi connectivity index (χ1v) is 7.35. The predicted molar refractivity (Wildman–Crippen MR) is 70.3 cm³/mol. The molecule has 1 aromatic carbocycles. The largest absolute Gasteiger partial charge is 0.329 e. The fourth-order valence-corrected chi connectivity index (χ4v) is 2.46. The number of sulfonamides is 1. The van der Waals surface area contributed by atoms with Crippen molar-refractivity contribution < 1.29 is 12.8 Å². The molecule has 0 amide bonds. The molecule has 0 aromatic heterocycles. The third-order valence-electron chi connectivity index (χ3n) is 2.86. The highest BCUT2D eigenvalue weighted by Crippen LogP contribution is 2.10. The zero-order valence-corrected chi connectivity index (χ0v) is 11.4. The van der Waals surface area contributed by atoms with Gasteiger partial charge < -0.3 is 5.73 Å². The second-order valence-corrected chi connectivity index (χ2v) is 6.49. The highest BCUT2D eigenvalue weighted by molar-refractivity contribution is 7.90. The molecule has 6 heteroatoms. The molecule has 0 fully saturated rings. The Hall–Kier alpha value is -0.980. The van der Waals surface area contributed by atoms with Crippen LogP contribution >= 0.6 is 0 Å². The van der Waals surface area contributed by atoms with Crippen LogP contribution in [0.5, 0.6) is 0 Å². The Balaban J connectivity index is 2.57. The lowest BCUT2D eigenvalue weighted by Gasteiger charge is -2.12. The topological polar surface area (TPSA) is 72.2 Å². The summed E-state index contributed by atoms with van der Waals surface area (Å²) in [4.78, 5) is 0. The molecule has 4 nitrogen and oxygen atoms in total. The maximum absolute atomic E-state index is 12.9. The Morgan fingerprint density at radius 3 is 2.67 bits per heavy atom. The summed E-state index contributed by atoms with van der Waals surface area (Å²) >= 11 is 0. The predicted octanol–water partition coefficient (Wildman–Crippen LogP) is 0.943. The van der Waals surface area contributed by atoms with Crippen LogP contribution in [0.2, 0.25) is 0 Å². The van der Waals surface area contributed by atoms with Gasteiger partial charge in [0.15, 0.2) is 0 Å². The molecular formula is C12H19FN2O2S. The number of benzene rings is 1. The van der Waals surface area contributed by atoms with Crippen molar-refractivity contribution in [3.05, 3.63) is 35.1 Å². The van der Waals surface area contributed by atoms with Crippen LogP contribution in [-0.2, 0) is 16.4 Å². The molecule has 0 aliphatic carbocycles. The molecule has 0 bridgehead atoms. The normalized spacial score (nSPS) is 13.6. The van der Waals surface area contributed by atoms with Gasteiger partial charge in [0.1, 0.15) is 5.82 Å². The van der Waals surface area contributed by atoms with Gasteiger partial charge in [-0.1, -0.05) is 6.07 Å². The third-order valence-corrected chi connectivity index (χ3v) is 4.72. The number of hydrogen-bond donors (Lipinski definition) is 2. The van der Waals surface area contributed by atoms with Gasteiger partial charge in [-0.05, 0) is 43.5 Å². The Kier molecular flexibility index (Phi) is 5.25. The van der Waals surface area contributed by atoms with Crippen molar-refractivity contribution >= 4 is 10.0 Å². The van der Waals surface area contributed by atoms with Gasteiger partial charge in [-0.3, -0.25) is 0 Å². The molecule has 1 unspecified atom stereocenters. The van der Waals surface area contributed by atoms with E-state index in [4.69, 9.17) is 5.73 Å². The molecule has 3 N–H and O–H groups in total. The lowest BCUT2D eigenvalue weighted by atomic mass is 10.1. The van der Waals surface area contributed by atoms with E-state index in [1.807, 2.05) is 0 Å². The number of nitrogens with two attached hydrogens (primary N) is 1. The number of nitrogens with one attached hydrogen (secondary N) is 1. The summed E-state index contributed by atoms with van der Waals surface area (Å²) in [6.45, 7) is 3.74. The van der Waals surface area contributed by atoms with E-state index in [2.05, 4.69) is 4.72 Å². The second-order valence-electron chi connectivity index (χ2n) is 4.31. The summed E-state index contributed by atoms with van der Waals surface area (Å²) in [5.74, 6) is -0.284. The van der Waals surface area contributed by atoms with Crippen LogP contribution < -0.4 is 10.5 Å². The van der Waals surface area contributed by atoms with Gasteiger partial charge in [-0.25, -0.2) is 17.5 Å².